The molecule has 0 N–H and O–H groups in total. The average Bonchev–Trinajstić information content (AvgIpc) is 1.77. The Kier molecular flexibility index (Phi) is 8.72. The van der Waals surface area contributed by atoms with Crippen molar-refractivity contribution in [3.05, 3.63) is 0 Å². The van der Waals surface area contributed by atoms with E-state index in [2.05, 4.69) is 0 Å². The van der Waals surface area contributed by atoms with Crippen molar-refractivity contribution < 1.29 is 77.8 Å². The number of rotatable bonds is 2. The van der Waals surface area contributed by atoms with E-state index < -0.39 is 31.3 Å². The van der Waals surface area contributed by atoms with Crippen LogP contribution in [0.15, 0.2) is 0 Å². The van der Waals surface area contributed by atoms with Crippen molar-refractivity contribution >= 4 is 37.6 Å². The van der Waals surface area contributed by atoms with Gasteiger partial charge < -0.3 is 1.43 Å². The van der Waals surface area contributed by atoms with Gasteiger partial charge in [0.2, 0.25) is 0 Å². The molecule has 0 rings (SSSR count). The number of hydrogen-bond acceptors (Lipinski definition) is 5. The molecule has 0 heterocycles. The smallest absolute Gasteiger partial charge is 1.00 e. The van der Waals surface area contributed by atoms with Gasteiger partial charge in [0, 0.05) is 0 Å². The maximum atomic E-state index is 11.4. The predicted molar refractivity (Wildman–Crippen MR) is 42.1 cm³/mol. The van der Waals surface area contributed by atoms with Crippen LogP contribution in [-0.2, 0) is 23.9 Å². The van der Waals surface area contributed by atoms with E-state index in [0.717, 1.165) is 0 Å². The van der Waals surface area contributed by atoms with E-state index >= 15 is 0 Å². The third-order valence-electron chi connectivity index (χ3n) is 0.746. The second kappa shape index (κ2) is 6.42. The summed E-state index contributed by atoms with van der Waals surface area (Å²) in [6.45, 7) is 0. The Morgan fingerprint density at radius 3 is 1.06 bits per heavy atom. The van der Waals surface area contributed by atoms with Gasteiger partial charge >= 0.3 is 60.8 Å². The van der Waals surface area contributed by atoms with Crippen molar-refractivity contribution in [2.75, 3.05) is 0 Å². The summed E-state index contributed by atoms with van der Waals surface area (Å²) < 4.78 is 110. The molecule has 0 aromatic heterocycles. The molecule has 0 aliphatic rings. The molecule has 0 aliphatic carbocycles. The second-order valence-electron chi connectivity index (χ2n) is 1.87. The summed E-state index contributed by atoms with van der Waals surface area (Å²) >= 11 is 0. The average molecular weight is 336 g/mol. The molecule has 0 radical (unpaired) electrons. The summed E-state index contributed by atoms with van der Waals surface area (Å²) in [6.07, 6.45) is 0. The minimum Gasteiger partial charge on any atom is -1.00 e. The van der Waals surface area contributed by atoms with Crippen LogP contribution in [0.5, 0.6) is 0 Å². The minimum absolute atomic E-state index is 0. The maximum Gasteiger partial charge on any atom is 1.00 e. The van der Waals surface area contributed by atoms with Gasteiger partial charge in [-0.2, -0.15) is 43.2 Å². The fourth-order valence-electron chi connectivity index (χ4n) is 0.195. The SMILES string of the molecule is O=S(=O)(OS(=O)(=O)C(F)(F)F)C(F)(F)F.[AlH3].[H-].[Na+]. The van der Waals surface area contributed by atoms with Crippen LogP contribution in [0.1, 0.15) is 1.43 Å². The first kappa shape index (κ1) is 23.1. The van der Waals surface area contributed by atoms with Gasteiger partial charge in [-0.05, 0) is 0 Å². The Morgan fingerprint density at radius 1 is 0.765 bits per heavy atom. The van der Waals surface area contributed by atoms with Crippen LogP contribution in [0.3, 0.4) is 0 Å². The first-order chi connectivity index (χ1) is 6.21. The van der Waals surface area contributed by atoms with Crippen LogP contribution < -0.4 is 29.6 Å². The Morgan fingerprint density at radius 2 is 0.941 bits per heavy atom. The Labute approximate surface area is 126 Å². The molecule has 0 aromatic carbocycles. The van der Waals surface area contributed by atoms with Crippen LogP contribution in [-0.4, -0.2) is 45.2 Å². The molecule has 15 heteroatoms. The number of halogens is 6. The third-order valence-corrected chi connectivity index (χ3v) is 3.31. The van der Waals surface area contributed by atoms with Crippen LogP contribution in [0.4, 0.5) is 26.3 Å². The molecule has 0 unspecified atom stereocenters. The van der Waals surface area contributed by atoms with Crippen molar-refractivity contribution in [2.45, 2.75) is 11.0 Å². The van der Waals surface area contributed by atoms with Crippen molar-refractivity contribution in [3.63, 3.8) is 0 Å². The fourth-order valence-corrected chi connectivity index (χ4v) is 1.76. The molecule has 0 atom stereocenters. The van der Waals surface area contributed by atoms with Crippen molar-refractivity contribution in [3.8, 4) is 0 Å². The molecule has 0 spiro atoms. The predicted octanol–water partition coefficient (Wildman–Crippen LogP) is -3.37. The Balaban J connectivity index is -0.000000327. The molecule has 0 fully saturated rings. The zero-order valence-electron chi connectivity index (χ0n) is 8.13. The van der Waals surface area contributed by atoms with Gasteiger partial charge in [0.05, 0.1) is 0 Å². The van der Waals surface area contributed by atoms with Crippen LogP contribution >= 0.6 is 0 Å². The van der Waals surface area contributed by atoms with Gasteiger partial charge in [0.15, 0.2) is 17.4 Å². The van der Waals surface area contributed by atoms with E-state index in [1.54, 1.807) is 0 Å². The van der Waals surface area contributed by atoms with E-state index in [0.29, 0.717) is 0 Å². The zero-order valence-corrected chi connectivity index (χ0v) is 10.8. The Bertz CT molecular complexity index is 398. The molecule has 0 bridgehead atoms. The molecule has 0 aliphatic heterocycles. The topological polar surface area (TPSA) is 77.5 Å². The monoisotopic (exact) mass is 336 g/mol. The van der Waals surface area contributed by atoms with Crippen molar-refractivity contribution in [1.82, 2.24) is 0 Å². The molecule has 5 nitrogen and oxygen atoms in total. The molecule has 0 saturated carbocycles. The van der Waals surface area contributed by atoms with E-state index in [-0.39, 0.29) is 48.3 Å². The summed E-state index contributed by atoms with van der Waals surface area (Å²) in [6, 6.07) is 0. The van der Waals surface area contributed by atoms with Gasteiger partial charge in [-0.1, -0.05) is 0 Å². The summed E-state index contributed by atoms with van der Waals surface area (Å²) in [4.78, 5) is 0. The number of hydrogen-bond donors (Lipinski definition) is 0. The summed E-state index contributed by atoms with van der Waals surface area (Å²) in [5, 5.41) is 0. The van der Waals surface area contributed by atoms with E-state index in [4.69, 9.17) is 0 Å². The van der Waals surface area contributed by atoms with Crippen molar-refractivity contribution in [2.24, 2.45) is 0 Å². The van der Waals surface area contributed by atoms with Crippen molar-refractivity contribution in [1.29, 1.82) is 0 Å². The van der Waals surface area contributed by atoms with Crippen LogP contribution in [0.2, 0.25) is 0 Å². The van der Waals surface area contributed by atoms with Crippen LogP contribution in [0.25, 0.3) is 0 Å². The van der Waals surface area contributed by atoms with Gasteiger partial charge in [0.1, 0.15) is 0 Å². The Hall–Kier alpha value is 0.972. The quantitative estimate of drug-likeness (QED) is 0.299. The van der Waals surface area contributed by atoms with Gasteiger partial charge in [-0.3, -0.25) is 0 Å². The minimum atomic E-state index is -6.85. The fraction of sp³-hybridized carbons (Fsp3) is 1.00. The summed E-state index contributed by atoms with van der Waals surface area (Å²) in [5.41, 5.74) is -12.5. The standard InChI is InChI=1S/C2F6O5S2.Al.Na.4H/c3-1(4,5)14(9,10)13-15(11,12)2(6,7)8;;;;;;/q;;+1;;;;-1. The first-order valence-corrected chi connectivity index (χ1v) is 5.36. The van der Waals surface area contributed by atoms with E-state index in [9.17, 15) is 43.2 Å². The molecule has 0 aromatic rings. The van der Waals surface area contributed by atoms with E-state index in [1.807, 2.05) is 3.63 Å². The largest absolute Gasteiger partial charge is 1.00 e. The second-order valence-corrected chi connectivity index (χ2v) is 5.15. The number of alkyl halides is 6. The third kappa shape index (κ3) is 6.10. The molecular formula is C2H4AlF6NaO5S2. The van der Waals surface area contributed by atoms with Gasteiger partial charge in [-0.15, -0.1) is 3.63 Å². The molecule has 0 amide bonds. The van der Waals surface area contributed by atoms with Gasteiger partial charge in [0.25, 0.3) is 0 Å². The summed E-state index contributed by atoms with van der Waals surface area (Å²) in [5.74, 6) is 0. The zero-order chi connectivity index (χ0) is 12.7. The maximum absolute atomic E-state index is 11.4. The molecule has 0 saturated heterocycles. The molecular weight excluding hydrogens is 332 g/mol. The molecule has 17 heavy (non-hydrogen) atoms. The van der Waals surface area contributed by atoms with Crippen LogP contribution in [0, 0.1) is 0 Å². The first-order valence-electron chi connectivity index (χ1n) is 2.54. The molecule has 100 valence electrons. The summed E-state index contributed by atoms with van der Waals surface area (Å²) in [7, 11) is -13.7. The normalized spacial score (nSPS) is 13.5. The van der Waals surface area contributed by atoms with E-state index in [1.165, 1.54) is 0 Å². The van der Waals surface area contributed by atoms with Gasteiger partial charge in [-0.25, -0.2) is 0 Å².